The summed E-state index contributed by atoms with van der Waals surface area (Å²) in [5, 5.41) is 9.04. The van der Waals surface area contributed by atoms with Crippen LogP contribution < -0.4 is 0 Å². The summed E-state index contributed by atoms with van der Waals surface area (Å²) in [5.41, 5.74) is 0.877. The molecule has 0 aliphatic carbocycles. The van der Waals surface area contributed by atoms with Gasteiger partial charge in [0.2, 0.25) is 0 Å². The van der Waals surface area contributed by atoms with Crippen molar-refractivity contribution in [3.8, 4) is 0 Å². The van der Waals surface area contributed by atoms with Gasteiger partial charge in [-0.15, -0.1) is 0 Å². The van der Waals surface area contributed by atoms with E-state index in [1.165, 1.54) is 12.1 Å². The Morgan fingerprint density at radius 1 is 1.53 bits per heavy atom. The predicted molar refractivity (Wildman–Crippen MR) is 62.4 cm³/mol. The van der Waals surface area contributed by atoms with Crippen LogP contribution in [-0.2, 0) is 11.3 Å². The molecule has 1 fully saturated rings. The van der Waals surface area contributed by atoms with Crippen LogP contribution in [0.5, 0.6) is 0 Å². The second-order valence-corrected chi connectivity index (χ2v) is 4.80. The Labute approximate surface area is 104 Å². The van der Waals surface area contributed by atoms with Crippen molar-refractivity contribution in [3.63, 3.8) is 0 Å². The Morgan fingerprint density at radius 2 is 2.24 bits per heavy atom. The highest BCUT2D eigenvalue weighted by Gasteiger charge is 2.28. The summed E-state index contributed by atoms with van der Waals surface area (Å²) in [4.78, 5) is 12.6. The van der Waals surface area contributed by atoms with Crippen LogP contribution in [0.2, 0.25) is 5.02 Å². The normalized spacial score (nSPS) is 16.8. The molecule has 0 amide bonds. The monoisotopic (exact) mass is 257 g/mol. The van der Waals surface area contributed by atoms with Gasteiger partial charge in [0.15, 0.2) is 0 Å². The minimum atomic E-state index is -0.755. The molecule has 0 radical (unpaired) electrons. The summed E-state index contributed by atoms with van der Waals surface area (Å²) in [7, 11) is 0. The summed E-state index contributed by atoms with van der Waals surface area (Å²) >= 11 is 5.91. The summed E-state index contributed by atoms with van der Waals surface area (Å²) in [6.07, 6.45) is 0.216. The van der Waals surface area contributed by atoms with Crippen LogP contribution in [0.3, 0.4) is 0 Å². The van der Waals surface area contributed by atoms with E-state index in [4.69, 9.17) is 16.7 Å². The zero-order valence-electron chi connectivity index (χ0n) is 9.20. The smallest absolute Gasteiger partial charge is 0.303 e. The van der Waals surface area contributed by atoms with E-state index in [1.54, 1.807) is 6.07 Å². The lowest BCUT2D eigenvalue weighted by molar-refractivity contribution is -0.139. The first-order valence-corrected chi connectivity index (χ1v) is 5.80. The first-order chi connectivity index (χ1) is 8.04. The fourth-order valence-electron chi connectivity index (χ4n) is 2.07. The van der Waals surface area contributed by atoms with Crippen LogP contribution in [0.4, 0.5) is 4.39 Å². The molecule has 1 heterocycles. The van der Waals surface area contributed by atoms with E-state index in [0.717, 1.165) is 18.7 Å². The molecule has 0 saturated carbocycles. The van der Waals surface area contributed by atoms with Crippen molar-refractivity contribution in [2.45, 2.75) is 13.0 Å². The number of halogens is 2. The largest absolute Gasteiger partial charge is 0.481 e. The number of hydrogen-bond acceptors (Lipinski definition) is 2. The molecular weight excluding hydrogens is 245 g/mol. The van der Waals surface area contributed by atoms with Gasteiger partial charge in [0.25, 0.3) is 0 Å². The van der Waals surface area contributed by atoms with E-state index in [0.29, 0.717) is 11.6 Å². The molecule has 0 spiro atoms. The topological polar surface area (TPSA) is 40.5 Å². The van der Waals surface area contributed by atoms with Crippen LogP contribution in [-0.4, -0.2) is 29.1 Å². The molecule has 0 bridgehead atoms. The number of carboxylic acid groups (broad SMARTS) is 1. The maximum absolute atomic E-state index is 12.8. The Morgan fingerprint density at radius 3 is 2.82 bits per heavy atom. The lowest BCUT2D eigenvalue weighted by Gasteiger charge is -2.38. The fraction of sp³-hybridized carbons (Fsp3) is 0.417. The standard InChI is InChI=1S/C12H13ClFNO2/c13-11-4-10(14)2-1-9(11)7-15-5-8(6-15)3-12(16)17/h1-2,4,8H,3,5-7H2,(H,16,17). The maximum Gasteiger partial charge on any atom is 0.303 e. The van der Waals surface area contributed by atoms with Crippen LogP contribution >= 0.6 is 11.6 Å². The van der Waals surface area contributed by atoms with Gasteiger partial charge >= 0.3 is 5.97 Å². The van der Waals surface area contributed by atoms with E-state index >= 15 is 0 Å². The highest BCUT2D eigenvalue weighted by atomic mass is 35.5. The number of benzene rings is 1. The molecule has 3 nitrogen and oxygen atoms in total. The molecule has 1 aliphatic rings. The Kier molecular flexibility index (Phi) is 3.64. The number of likely N-dealkylation sites (tertiary alicyclic amines) is 1. The summed E-state index contributed by atoms with van der Waals surface area (Å²) in [6, 6.07) is 4.35. The maximum atomic E-state index is 12.8. The van der Waals surface area contributed by atoms with E-state index in [9.17, 15) is 9.18 Å². The van der Waals surface area contributed by atoms with Crippen molar-refractivity contribution in [2.24, 2.45) is 5.92 Å². The molecule has 1 N–H and O–H groups in total. The highest BCUT2D eigenvalue weighted by molar-refractivity contribution is 6.31. The lowest BCUT2D eigenvalue weighted by atomic mass is 9.96. The van der Waals surface area contributed by atoms with Crippen LogP contribution in [0.1, 0.15) is 12.0 Å². The van der Waals surface area contributed by atoms with Crippen molar-refractivity contribution in [1.82, 2.24) is 4.90 Å². The van der Waals surface area contributed by atoms with Gasteiger partial charge in [0.1, 0.15) is 5.82 Å². The molecule has 5 heteroatoms. The third-order valence-electron chi connectivity index (χ3n) is 2.91. The van der Waals surface area contributed by atoms with E-state index in [-0.39, 0.29) is 18.2 Å². The second-order valence-electron chi connectivity index (χ2n) is 4.39. The van der Waals surface area contributed by atoms with Crippen LogP contribution in [0.25, 0.3) is 0 Å². The number of rotatable bonds is 4. The third-order valence-corrected chi connectivity index (χ3v) is 3.26. The molecule has 1 saturated heterocycles. The predicted octanol–water partition coefficient (Wildman–Crippen LogP) is 2.39. The van der Waals surface area contributed by atoms with Gasteiger partial charge in [-0.25, -0.2) is 4.39 Å². The first kappa shape index (κ1) is 12.3. The number of carboxylic acids is 1. The quantitative estimate of drug-likeness (QED) is 0.900. The molecule has 0 atom stereocenters. The van der Waals surface area contributed by atoms with Gasteiger partial charge < -0.3 is 5.11 Å². The van der Waals surface area contributed by atoms with Crippen LogP contribution in [0.15, 0.2) is 18.2 Å². The number of nitrogens with zero attached hydrogens (tertiary/aromatic N) is 1. The van der Waals surface area contributed by atoms with E-state index in [2.05, 4.69) is 4.90 Å². The Balaban J connectivity index is 1.85. The number of hydrogen-bond donors (Lipinski definition) is 1. The zero-order chi connectivity index (χ0) is 12.4. The van der Waals surface area contributed by atoms with E-state index < -0.39 is 5.97 Å². The molecule has 0 aromatic heterocycles. The van der Waals surface area contributed by atoms with Gasteiger partial charge in [-0.3, -0.25) is 9.69 Å². The van der Waals surface area contributed by atoms with Crippen molar-refractivity contribution in [3.05, 3.63) is 34.6 Å². The number of carbonyl (C=O) groups is 1. The van der Waals surface area contributed by atoms with Crippen molar-refractivity contribution in [1.29, 1.82) is 0 Å². The molecule has 0 unspecified atom stereocenters. The molecule has 92 valence electrons. The Bertz CT molecular complexity index is 433. The lowest BCUT2D eigenvalue weighted by Crippen LogP contribution is -2.46. The van der Waals surface area contributed by atoms with Crippen molar-refractivity contribution >= 4 is 17.6 Å². The van der Waals surface area contributed by atoms with Crippen molar-refractivity contribution in [2.75, 3.05) is 13.1 Å². The van der Waals surface area contributed by atoms with Gasteiger partial charge in [0, 0.05) is 24.7 Å². The van der Waals surface area contributed by atoms with Gasteiger partial charge in [-0.1, -0.05) is 17.7 Å². The molecule has 17 heavy (non-hydrogen) atoms. The van der Waals surface area contributed by atoms with Crippen LogP contribution in [0, 0.1) is 11.7 Å². The number of aliphatic carboxylic acids is 1. The molecule has 1 aromatic carbocycles. The van der Waals surface area contributed by atoms with Gasteiger partial charge in [-0.2, -0.15) is 0 Å². The fourth-order valence-corrected chi connectivity index (χ4v) is 2.30. The molecule has 2 rings (SSSR count). The SMILES string of the molecule is O=C(O)CC1CN(Cc2ccc(F)cc2Cl)C1. The minimum Gasteiger partial charge on any atom is -0.481 e. The Hall–Kier alpha value is -1.13. The van der Waals surface area contributed by atoms with E-state index in [1.807, 2.05) is 0 Å². The average Bonchev–Trinajstić information content (AvgIpc) is 2.17. The highest BCUT2D eigenvalue weighted by Crippen LogP contribution is 2.25. The minimum absolute atomic E-state index is 0.216. The van der Waals surface area contributed by atoms with Crippen molar-refractivity contribution < 1.29 is 14.3 Å². The summed E-state index contributed by atoms with van der Waals surface area (Å²) in [6.45, 7) is 2.18. The second kappa shape index (κ2) is 5.02. The molecule has 1 aromatic rings. The summed E-state index contributed by atoms with van der Waals surface area (Å²) < 4.78 is 12.8. The first-order valence-electron chi connectivity index (χ1n) is 5.42. The molecule has 1 aliphatic heterocycles. The average molecular weight is 258 g/mol. The van der Waals surface area contributed by atoms with Gasteiger partial charge in [-0.05, 0) is 23.6 Å². The van der Waals surface area contributed by atoms with Gasteiger partial charge in [0.05, 0.1) is 6.42 Å². The summed E-state index contributed by atoms with van der Waals surface area (Å²) in [5.74, 6) is -0.868. The molecular formula is C12H13ClFNO2. The third kappa shape index (κ3) is 3.17. The zero-order valence-corrected chi connectivity index (χ0v) is 9.95.